The van der Waals surface area contributed by atoms with Crippen molar-refractivity contribution in [2.45, 2.75) is 211 Å². The van der Waals surface area contributed by atoms with Gasteiger partial charge in [0.15, 0.2) is 0 Å². The first-order valence-corrected chi connectivity index (χ1v) is 30.6. The summed E-state index contributed by atoms with van der Waals surface area (Å²) in [4.78, 5) is 0. The fourth-order valence-electron chi connectivity index (χ4n) is 12.1. The molecule has 0 spiro atoms. The van der Waals surface area contributed by atoms with Crippen molar-refractivity contribution in [1.29, 1.82) is 0 Å². The first kappa shape index (κ1) is 64.2. The topological polar surface area (TPSA) is 9.23 Å². The maximum absolute atomic E-state index is 6.25. The SMILES string of the molecule is C1CCOC1.CB(/C(C)=C/c1ccc2c(c1)C(C)(C)c1cc(C=C(C)C)ccc1-2)c1c(C(C)C)cc(C(C)C)cc1C(C)C.CC#Cc1ccc2c(c1)C(C)(C)c1cc(C#CC)ccc1-2.[B]c1c(C(C)C)cc(C(C)C)cc1C(C)C. The standard InChI is InChI=1S/C38H49B.C21H18.C15H23B.C4H8O/c1-23(2)17-28-13-15-31-32-16-14-29(20-36(32)38(10,11)35(31)19-28)18-27(9)39(12)37-33(25(5)6)21-30(24(3)4)22-34(37)26(7)8;1-5-7-15-9-11-17-18-12-10-16(8-6-2)14-20(18)21(3,4)19(17)13-15;1-9(2)12-7-13(10(3)4)15(16)14(8-12)11(5)6;1-2-4-5-3-1/h13-22,24-26H,1-12H3;9-14H,1-4H3;7-11H,1-6H3;1-4H2/b27-18+;;;. The van der Waals surface area contributed by atoms with Crippen LogP contribution in [0.25, 0.3) is 34.4 Å². The van der Waals surface area contributed by atoms with Gasteiger partial charge in [0.1, 0.15) is 7.85 Å². The normalized spacial score (nSPS) is 14.1. The molecule has 1 aliphatic heterocycles. The lowest BCUT2D eigenvalue weighted by Gasteiger charge is -2.26. The molecular formula is C78H98B2O. The fraction of sp³-hybridized carbons (Fsp3) is 0.436. The summed E-state index contributed by atoms with van der Waals surface area (Å²) in [6, 6.07) is 36.7. The highest BCUT2D eigenvalue weighted by atomic mass is 16.5. The Morgan fingerprint density at radius 1 is 0.481 bits per heavy atom. The Labute approximate surface area is 496 Å². The zero-order valence-corrected chi connectivity index (χ0v) is 54.2. The summed E-state index contributed by atoms with van der Waals surface area (Å²) < 4.78 is 4.94. The molecule has 1 fully saturated rings. The van der Waals surface area contributed by atoms with Gasteiger partial charge in [0, 0.05) is 35.2 Å². The first-order chi connectivity index (χ1) is 38.1. The van der Waals surface area contributed by atoms with Gasteiger partial charge in [-0.05, 0) is 167 Å². The van der Waals surface area contributed by atoms with Crippen LogP contribution in [0.15, 0.2) is 108 Å². The van der Waals surface area contributed by atoms with E-state index in [2.05, 4.69) is 271 Å². The number of allylic oxidation sites excluding steroid dienone is 2. The Morgan fingerprint density at radius 2 is 0.827 bits per heavy atom. The van der Waals surface area contributed by atoms with Crippen LogP contribution in [-0.2, 0) is 15.6 Å². The molecule has 9 rings (SSSR count). The predicted molar refractivity (Wildman–Crippen MR) is 360 cm³/mol. The lowest BCUT2D eigenvalue weighted by atomic mass is 9.39. The van der Waals surface area contributed by atoms with Gasteiger partial charge in [0.2, 0.25) is 6.71 Å². The molecule has 81 heavy (non-hydrogen) atoms. The molecule has 6 aromatic carbocycles. The third kappa shape index (κ3) is 14.8. The predicted octanol–water partition coefficient (Wildman–Crippen LogP) is 20.1. The summed E-state index contributed by atoms with van der Waals surface area (Å²) in [6.07, 6.45) is 7.27. The van der Waals surface area contributed by atoms with Crippen molar-refractivity contribution in [3.8, 4) is 45.9 Å². The van der Waals surface area contributed by atoms with E-state index in [0.717, 1.165) is 29.8 Å². The molecule has 0 bridgehead atoms. The van der Waals surface area contributed by atoms with Gasteiger partial charge in [-0.1, -0.05) is 266 Å². The van der Waals surface area contributed by atoms with E-state index >= 15 is 0 Å². The van der Waals surface area contributed by atoms with Gasteiger partial charge in [-0.25, -0.2) is 0 Å². The minimum Gasteiger partial charge on any atom is -0.381 e. The molecule has 3 aliphatic rings. The van der Waals surface area contributed by atoms with Crippen LogP contribution in [0.4, 0.5) is 0 Å². The van der Waals surface area contributed by atoms with Crippen molar-refractivity contribution in [2.24, 2.45) is 0 Å². The van der Waals surface area contributed by atoms with Crippen molar-refractivity contribution in [3.63, 3.8) is 0 Å². The molecule has 0 atom stereocenters. The molecule has 1 heterocycles. The fourth-order valence-corrected chi connectivity index (χ4v) is 12.1. The molecule has 0 aromatic heterocycles. The van der Waals surface area contributed by atoms with Crippen LogP contribution in [0.1, 0.15) is 272 Å². The van der Waals surface area contributed by atoms with Gasteiger partial charge in [0.25, 0.3) is 0 Å². The molecule has 6 aromatic rings. The van der Waals surface area contributed by atoms with E-state index in [9.17, 15) is 0 Å². The minimum atomic E-state index is -0.0121. The Morgan fingerprint density at radius 3 is 1.15 bits per heavy atom. The monoisotopic (exact) mass is 1070 g/mol. The number of benzene rings is 6. The number of hydrogen-bond acceptors (Lipinski definition) is 1. The summed E-state index contributed by atoms with van der Waals surface area (Å²) in [5.74, 6) is 15.4. The smallest absolute Gasteiger partial charge is 0.201 e. The van der Waals surface area contributed by atoms with E-state index in [1.54, 1.807) is 5.46 Å². The van der Waals surface area contributed by atoms with E-state index in [1.807, 2.05) is 13.8 Å². The van der Waals surface area contributed by atoms with Crippen molar-refractivity contribution < 1.29 is 4.74 Å². The van der Waals surface area contributed by atoms with Gasteiger partial charge in [-0.2, -0.15) is 0 Å². The third-order valence-corrected chi connectivity index (χ3v) is 17.1. The summed E-state index contributed by atoms with van der Waals surface area (Å²) in [7, 11) is 6.25. The molecule has 3 heteroatoms. The third-order valence-electron chi connectivity index (χ3n) is 17.1. The van der Waals surface area contributed by atoms with E-state index in [-0.39, 0.29) is 10.8 Å². The van der Waals surface area contributed by atoms with Gasteiger partial charge in [0.05, 0.1) is 0 Å². The van der Waals surface area contributed by atoms with Crippen molar-refractivity contribution in [2.75, 3.05) is 13.2 Å². The Balaban J connectivity index is 0.000000208. The molecule has 2 radical (unpaired) electrons. The maximum atomic E-state index is 6.25. The van der Waals surface area contributed by atoms with Crippen LogP contribution in [0.3, 0.4) is 0 Å². The lowest BCUT2D eigenvalue weighted by Crippen LogP contribution is -2.36. The summed E-state index contributed by atoms with van der Waals surface area (Å²) in [5, 5.41) is 0. The molecule has 0 saturated carbocycles. The highest BCUT2D eigenvalue weighted by Crippen LogP contribution is 2.50. The molecule has 0 N–H and O–H groups in total. The Bertz CT molecular complexity index is 3250. The van der Waals surface area contributed by atoms with Crippen molar-refractivity contribution in [3.05, 3.63) is 186 Å². The molecule has 1 saturated heterocycles. The number of rotatable bonds is 10. The van der Waals surface area contributed by atoms with Crippen LogP contribution < -0.4 is 10.9 Å². The zero-order valence-electron chi connectivity index (χ0n) is 54.2. The minimum absolute atomic E-state index is 0.00152. The second kappa shape index (κ2) is 27.4. The number of hydrogen-bond donors (Lipinski definition) is 0. The highest BCUT2D eigenvalue weighted by molar-refractivity contribution is 6.80. The summed E-state index contributed by atoms with van der Waals surface area (Å²) in [5.41, 5.74) is 29.6. The maximum Gasteiger partial charge on any atom is 0.201 e. The van der Waals surface area contributed by atoms with Crippen LogP contribution in [-0.4, -0.2) is 27.8 Å². The molecule has 1 nitrogen and oxygen atoms in total. The Hall–Kier alpha value is -5.99. The van der Waals surface area contributed by atoms with Crippen LogP contribution >= 0.6 is 0 Å². The number of fused-ring (bicyclic) bond motifs is 6. The quantitative estimate of drug-likeness (QED) is 0.0981. The van der Waals surface area contributed by atoms with E-state index in [1.165, 1.54) is 113 Å². The second-order valence-electron chi connectivity index (χ2n) is 26.4. The average molecular weight is 1070 g/mol. The molecule has 0 amide bonds. The summed E-state index contributed by atoms with van der Waals surface area (Å²) >= 11 is 0. The van der Waals surface area contributed by atoms with E-state index in [4.69, 9.17) is 12.6 Å². The van der Waals surface area contributed by atoms with Crippen LogP contribution in [0.5, 0.6) is 0 Å². The van der Waals surface area contributed by atoms with Crippen molar-refractivity contribution >= 4 is 37.6 Å². The van der Waals surface area contributed by atoms with Crippen LogP contribution in [0, 0.1) is 23.7 Å². The van der Waals surface area contributed by atoms with Crippen LogP contribution in [0.2, 0.25) is 6.82 Å². The lowest BCUT2D eigenvalue weighted by molar-refractivity contribution is 0.198. The molecule has 422 valence electrons. The molecule has 0 unspecified atom stereocenters. The Kier molecular flexibility index (Phi) is 21.7. The first-order valence-electron chi connectivity index (χ1n) is 30.6. The van der Waals surface area contributed by atoms with Gasteiger partial charge >= 0.3 is 0 Å². The van der Waals surface area contributed by atoms with E-state index in [0.29, 0.717) is 42.2 Å². The second-order valence-corrected chi connectivity index (χ2v) is 26.4. The van der Waals surface area contributed by atoms with Gasteiger partial charge in [-0.3, -0.25) is 0 Å². The zero-order chi connectivity index (χ0) is 59.8. The van der Waals surface area contributed by atoms with E-state index < -0.39 is 0 Å². The highest BCUT2D eigenvalue weighted by Gasteiger charge is 2.37. The van der Waals surface area contributed by atoms with Gasteiger partial charge < -0.3 is 4.74 Å². The number of ether oxygens (including phenoxy) is 1. The molecular weight excluding hydrogens is 974 g/mol. The average Bonchev–Trinajstić information content (AvgIpc) is 4.32. The molecule has 2 aliphatic carbocycles. The van der Waals surface area contributed by atoms with Crippen molar-refractivity contribution in [1.82, 2.24) is 0 Å². The summed E-state index contributed by atoms with van der Waals surface area (Å²) in [6.45, 7) is 51.9. The van der Waals surface area contributed by atoms with Gasteiger partial charge in [-0.15, -0.1) is 11.8 Å². The largest absolute Gasteiger partial charge is 0.381 e.